The first-order valence-corrected chi connectivity index (χ1v) is 9.91. The predicted octanol–water partition coefficient (Wildman–Crippen LogP) is 3.88. The van der Waals surface area contributed by atoms with Gasteiger partial charge in [0, 0.05) is 11.9 Å². The SMILES string of the molecule is C[C@@H](Sc1ncnc2c1oc1ccccc12)C(=O)NC(=O)NCc1ccccc1. The number of carbonyl (C=O) groups excluding carboxylic acids is 2. The Bertz CT molecular complexity index is 1180. The minimum absolute atomic E-state index is 0.340. The Morgan fingerprint density at radius 2 is 1.83 bits per heavy atom. The molecule has 0 aliphatic rings. The maximum Gasteiger partial charge on any atom is 0.321 e. The number of aromatic nitrogens is 2. The van der Waals surface area contributed by atoms with Crippen LogP contribution in [0.5, 0.6) is 0 Å². The number of nitrogens with one attached hydrogen (secondary N) is 2. The van der Waals surface area contributed by atoms with Crippen LogP contribution in [-0.2, 0) is 11.3 Å². The average molecular weight is 406 g/mol. The Hall–Kier alpha value is -3.39. The number of carbonyl (C=O) groups is 2. The standard InChI is InChI=1S/C21H18N4O3S/c1-13(19(26)25-21(27)22-11-14-7-3-2-4-8-14)29-20-18-17(23-12-24-20)15-9-5-6-10-16(15)28-18/h2-10,12-13H,11H2,1H3,(H2,22,25,26,27)/t13-/m1/s1. The molecule has 8 heteroatoms. The van der Waals surface area contributed by atoms with Crippen molar-refractivity contribution in [2.75, 3.05) is 0 Å². The molecular weight excluding hydrogens is 388 g/mol. The van der Waals surface area contributed by atoms with E-state index in [-0.39, 0.29) is 0 Å². The molecule has 29 heavy (non-hydrogen) atoms. The van der Waals surface area contributed by atoms with Gasteiger partial charge < -0.3 is 9.73 Å². The third-order valence-corrected chi connectivity index (χ3v) is 5.40. The van der Waals surface area contributed by atoms with Gasteiger partial charge in [-0.1, -0.05) is 54.2 Å². The number of imide groups is 1. The molecule has 146 valence electrons. The van der Waals surface area contributed by atoms with Crippen LogP contribution in [-0.4, -0.2) is 27.2 Å². The lowest BCUT2D eigenvalue weighted by Crippen LogP contribution is -2.42. The third kappa shape index (κ3) is 4.22. The van der Waals surface area contributed by atoms with Crippen molar-refractivity contribution in [2.45, 2.75) is 23.7 Å². The summed E-state index contributed by atoms with van der Waals surface area (Å²) in [5.41, 5.74) is 2.89. The maximum atomic E-state index is 12.4. The van der Waals surface area contributed by atoms with Crippen LogP contribution in [0.3, 0.4) is 0 Å². The quantitative estimate of drug-likeness (QED) is 0.386. The van der Waals surface area contributed by atoms with Gasteiger partial charge >= 0.3 is 6.03 Å². The van der Waals surface area contributed by atoms with Crippen molar-refractivity contribution in [3.8, 4) is 0 Å². The molecule has 4 aromatic rings. The molecule has 0 unspecified atom stereocenters. The number of nitrogens with zero attached hydrogens (tertiary/aromatic N) is 2. The minimum Gasteiger partial charge on any atom is -0.451 e. The molecule has 0 radical (unpaired) electrons. The first-order valence-electron chi connectivity index (χ1n) is 9.03. The van der Waals surface area contributed by atoms with Gasteiger partial charge in [0.2, 0.25) is 5.91 Å². The Morgan fingerprint density at radius 1 is 1.07 bits per heavy atom. The Balaban J connectivity index is 1.41. The summed E-state index contributed by atoms with van der Waals surface area (Å²) in [7, 11) is 0. The van der Waals surface area contributed by atoms with Crippen LogP contribution in [0.2, 0.25) is 0 Å². The number of thioether (sulfide) groups is 1. The van der Waals surface area contributed by atoms with E-state index < -0.39 is 17.2 Å². The summed E-state index contributed by atoms with van der Waals surface area (Å²) in [4.78, 5) is 33.0. The molecule has 2 aromatic carbocycles. The van der Waals surface area contributed by atoms with Gasteiger partial charge in [-0.25, -0.2) is 14.8 Å². The number of urea groups is 1. The molecule has 0 spiro atoms. The van der Waals surface area contributed by atoms with Crippen LogP contribution >= 0.6 is 11.8 Å². The van der Waals surface area contributed by atoms with Gasteiger partial charge in [0.05, 0.1) is 5.25 Å². The van der Waals surface area contributed by atoms with E-state index in [1.807, 2.05) is 54.6 Å². The van der Waals surface area contributed by atoms with Crippen molar-refractivity contribution < 1.29 is 14.0 Å². The monoisotopic (exact) mass is 406 g/mol. The summed E-state index contributed by atoms with van der Waals surface area (Å²) in [5, 5.41) is 5.93. The van der Waals surface area contributed by atoms with E-state index in [9.17, 15) is 9.59 Å². The van der Waals surface area contributed by atoms with Crippen molar-refractivity contribution >= 4 is 45.8 Å². The summed E-state index contributed by atoms with van der Waals surface area (Å²) in [6.45, 7) is 2.05. The van der Waals surface area contributed by atoms with Crippen LogP contribution in [0.25, 0.3) is 22.1 Å². The van der Waals surface area contributed by atoms with E-state index in [0.29, 0.717) is 28.3 Å². The second kappa shape index (κ2) is 8.32. The number of benzene rings is 2. The highest BCUT2D eigenvalue weighted by Gasteiger charge is 2.21. The first-order chi connectivity index (χ1) is 14.1. The molecule has 4 rings (SSSR count). The average Bonchev–Trinajstić information content (AvgIpc) is 3.13. The van der Waals surface area contributed by atoms with E-state index in [4.69, 9.17) is 4.42 Å². The van der Waals surface area contributed by atoms with Gasteiger partial charge in [-0.15, -0.1) is 0 Å². The van der Waals surface area contributed by atoms with Crippen molar-refractivity contribution in [2.24, 2.45) is 0 Å². The molecule has 0 aliphatic heterocycles. The van der Waals surface area contributed by atoms with Crippen LogP contribution < -0.4 is 10.6 Å². The van der Waals surface area contributed by atoms with Gasteiger partial charge in [-0.05, 0) is 24.6 Å². The van der Waals surface area contributed by atoms with Crippen LogP contribution in [0.4, 0.5) is 4.79 Å². The van der Waals surface area contributed by atoms with E-state index in [1.165, 1.54) is 18.1 Å². The topological polar surface area (TPSA) is 97.1 Å². The van der Waals surface area contributed by atoms with Crippen molar-refractivity contribution in [3.05, 3.63) is 66.5 Å². The van der Waals surface area contributed by atoms with Gasteiger partial charge in [0.15, 0.2) is 5.58 Å². The molecule has 2 aromatic heterocycles. The summed E-state index contributed by atoms with van der Waals surface area (Å²) < 4.78 is 5.88. The van der Waals surface area contributed by atoms with Gasteiger partial charge in [0.1, 0.15) is 22.5 Å². The van der Waals surface area contributed by atoms with Crippen molar-refractivity contribution in [3.63, 3.8) is 0 Å². The predicted molar refractivity (Wildman–Crippen MR) is 111 cm³/mol. The number of hydrogen-bond donors (Lipinski definition) is 2. The molecule has 7 nitrogen and oxygen atoms in total. The summed E-state index contributed by atoms with van der Waals surface area (Å²) >= 11 is 1.22. The number of furan rings is 1. The van der Waals surface area contributed by atoms with Crippen LogP contribution in [0.1, 0.15) is 12.5 Å². The molecule has 0 aliphatic carbocycles. The molecule has 0 bridgehead atoms. The zero-order chi connectivity index (χ0) is 20.2. The lowest BCUT2D eigenvalue weighted by atomic mass is 10.2. The zero-order valence-corrected chi connectivity index (χ0v) is 16.4. The molecule has 0 saturated carbocycles. The summed E-state index contributed by atoms with van der Waals surface area (Å²) in [6, 6.07) is 16.5. The van der Waals surface area contributed by atoms with E-state index in [2.05, 4.69) is 20.6 Å². The Morgan fingerprint density at radius 3 is 2.66 bits per heavy atom. The second-order valence-electron chi connectivity index (χ2n) is 6.37. The minimum atomic E-state index is -0.552. The zero-order valence-electron chi connectivity index (χ0n) is 15.6. The fourth-order valence-corrected chi connectivity index (χ4v) is 3.70. The molecule has 1 atom stereocenters. The highest BCUT2D eigenvalue weighted by Crippen LogP contribution is 2.33. The molecule has 0 fully saturated rings. The van der Waals surface area contributed by atoms with Crippen LogP contribution in [0, 0.1) is 0 Å². The lowest BCUT2D eigenvalue weighted by Gasteiger charge is -2.11. The lowest BCUT2D eigenvalue weighted by molar-refractivity contribution is -0.119. The highest BCUT2D eigenvalue weighted by molar-refractivity contribution is 8.00. The Kier molecular flexibility index (Phi) is 5.44. The third-order valence-electron chi connectivity index (χ3n) is 4.32. The van der Waals surface area contributed by atoms with Crippen LogP contribution in [0.15, 0.2) is 70.4 Å². The van der Waals surface area contributed by atoms with E-state index >= 15 is 0 Å². The number of para-hydroxylation sites is 1. The number of amides is 3. The molecule has 2 heterocycles. The normalized spacial score (nSPS) is 12.0. The molecule has 0 saturated heterocycles. The number of hydrogen-bond acceptors (Lipinski definition) is 6. The first kappa shape index (κ1) is 18.9. The van der Waals surface area contributed by atoms with E-state index in [1.54, 1.807) is 6.92 Å². The maximum absolute atomic E-state index is 12.4. The molecule has 3 amide bonds. The smallest absolute Gasteiger partial charge is 0.321 e. The fourth-order valence-electron chi connectivity index (χ4n) is 2.84. The Labute approximate surface area is 170 Å². The van der Waals surface area contributed by atoms with Crippen molar-refractivity contribution in [1.29, 1.82) is 0 Å². The van der Waals surface area contributed by atoms with Crippen molar-refractivity contribution in [1.82, 2.24) is 20.6 Å². The highest BCUT2D eigenvalue weighted by atomic mass is 32.2. The second-order valence-corrected chi connectivity index (χ2v) is 7.70. The summed E-state index contributed by atoms with van der Waals surface area (Å²) in [6.07, 6.45) is 1.45. The molecular formula is C21H18N4O3S. The van der Waals surface area contributed by atoms with E-state index in [0.717, 1.165) is 10.9 Å². The number of fused-ring (bicyclic) bond motifs is 3. The fraction of sp³-hybridized carbons (Fsp3) is 0.143. The van der Waals surface area contributed by atoms with Gasteiger partial charge in [-0.3, -0.25) is 10.1 Å². The van der Waals surface area contributed by atoms with Gasteiger partial charge in [-0.2, -0.15) is 0 Å². The molecule has 2 N–H and O–H groups in total. The summed E-state index contributed by atoms with van der Waals surface area (Å²) in [5.74, 6) is -0.413. The number of rotatable bonds is 5. The van der Waals surface area contributed by atoms with Gasteiger partial charge in [0.25, 0.3) is 0 Å². The largest absolute Gasteiger partial charge is 0.451 e.